The van der Waals surface area contributed by atoms with Crippen LogP contribution in [0, 0.1) is 5.92 Å². The summed E-state index contributed by atoms with van der Waals surface area (Å²) in [4.78, 5) is 30.8. The van der Waals surface area contributed by atoms with Gasteiger partial charge in [-0.15, -0.1) is 0 Å². The van der Waals surface area contributed by atoms with Gasteiger partial charge in [-0.05, 0) is 86.7 Å². The first-order valence-corrected chi connectivity index (χ1v) is 18.3. The third-order valence-electron chi connectivity index (χ3n) is 9.46. The van der Waals surface area contributed by atoms with Crippen molar-refractivity contribution >= 4 is 44.3 Å². The number of methoxy groups -OCH3 is 1. The third-order valence-corrected chi connectivity index (χ3v) is 10.0. The maximum Gasteiger partial charge on any atom is 0.418 e. The van der Waals surface area contributed by atoms with Gasteiger partial charge >= 0.3 is 6.09 Å². The van der Waals surface area contributed by atoms with Gasteiger partial charge in [0.1, 0.15) is 0 Å². The molecule has 11 nitrogen and oxygen atoms in total. The SMILES string of the molecule is COc1c(NC(=O)Oc2cc3cccc(CC4CCCN(C(=O)[C@H]5CCCN5C)CC4)c3n2C)cc(C(C)(C)C)cc1NS(C)(=O)=O. The van der Waals surface area contributed by atoms with Crippen molar-refractivity contribution in [2.24, 2.45) is 13.0 Å². The monoisotopic (exact) mass is 667 g/mol. The topological polar surface area (TPSA) is 122 Å². The summed E-state index contributed by atoms with van der Waals surface area (Å²) >= 11 is 0. The number of carbonyl (C=O) groups excluding carboxylic acids is 2. The van der Waals surface area contributed by atoms with Crippen LogP contribution in [0.2, 0.25) is 0 Å². The molecular formula is C35H49N5O6S. The second-order valence-corrected chi connectivity index (χ2v) is 15.9. The molecule has 3 aromatic rings. The first-order valence-electron chi connectivity index (χ1n) is 16.4. The lowest BCUT2D eigenvalue weighted by Crippen LogP contribution is -2.44. The Morgan fingerprint density at radius 3 is 2.36 bits per heavy atom. The van der Waals surface area contributed by atoms with Crippen molar-refractivity contribution in [2.45, 2.75) is 70.8 Å². The maximum atomic E-state index is 13.3. The summed E-state index contributed by atoms with van der Waals surface area (Å²) in [5, 5.41) is 3.74. The summed E-state index contributed by atoms with van der Waals surface area (Å²) in [6, 6.07) is 11.5. The molecule has 256 valence electrons. The van der Waals surface area contributed by atoms with Crippen LogP contribution in [0.5, 0.6) is 11.6 Å². The van der Waals surface area contributed by atoms with Gasteiger partial charge in [0.05, 0.1) is 36.3 Å². The van der Waals surface area contributed by atoms with Gasteiger partial charge in [-0.1, -0.05) is 39.0 Å². The van der Waals surface area contributed by atoms with Crippen molar-refractivity contribution in [1.29, 1.82) is 0 Å². The molecule has 2 fully saturated rings. The van der Waals surface area contributed by atoms with Crippen LogP contribution in [-0.4, -0.2) is 80.9 Å². The molecule has 0 aliphatic carbocycles. The molecule has 47 heavy (non-hydrogen) atoms. The first kappa shape index (κ1) is 34.6. The predicted octanol–water partition coefficient (Wildman–Crippen LogP) is 5.73. The number of aryl methyl sites for hydroxylation is 1. The van der Waals surface area contributed by atoms with Gasteiger partial charge < -0.3 is 18.9 Å². The largest absolute Gasteiger partial charge is 0.492 e. The molecule has 2 aliphatic heterocycles. The summed E-state index contributed by atoms with van der Waals surface area (Å²) < 4.78 is 40.0. The molecule has 0 spiro atoms. The molecule has 2 amide bonds. The number of ether oxygens (including phenoxy) is 2. The van der Waals surface area contributed by atoms with Crippen molar-refractivity contribution in [3.8, 4) is 11.6 Å². The Morgan fingerprint density at radius 1 is 0.979 bits per heavy atom. The minimum absolute atomic E-state index is 0.0222. The van der Waals surface area contributed by atoms with Gasteiger partial charge in [0.15, 0.2) is 5.75 Å². The Hall–Kier alpha value is -3.77. The summed E-state index contributed by atoms with van der Waals surface area (Å²) in [5.41, 5.74) is 3.15. The quantitative estimate of drug-likeness (QED) is 0.315. The Kier molecular flexibility index (Phi) is 10.1. The number of amides is 2. The van der Waals surface area contributed by atoms with Crippen molar-refractivity contribution in [2.75, 3.05) is 50.1 Å². The van der Waals surface area contributed by atoms with E-state index >= 15 is 0 Å². The Balaban J connectivity index is 1.32. The number of aromatic nitrogens is 1. The van der Waals surface area contributed by atoms with E-state index in [9.17, 15) is 18.0 Å². The molecule has 2 N–H and O–H groups in total. The highest BCUT2D eigenvalue weighted by Crippen LogP contribution is 2.39. The number of carbonyl (C=O) groups is 2. The third kappa shape index (κ3) is 8.03. The minimum atomic E-state index is -3.61. The highest BCUT2D eigenvalue weighted by Gasteiger charge is 2.32. The molecule has 2 atom stereocenters. The molecule has 5 rings (SSSR count). The molecule has 0 bridgehead atoms. The number of rotatable bonds is 8. The van der Waals surface area contributed by atoms with Gasteiger partial charge in [-0.25, -0.2) is 13.2 Å². The van der Waals surface area contributed by atoms with Crippen LogP contribution in [0.1, 0.15) is 64.0 Å². The zero-order valence-corrected chi connectivity index (χ0v) is 29.5. The van der Waals surface area contributed by atoms with Crippen molar-refractivity contribution in [1.82, 2.24) is 14.4 Å². The summed E-state index contributed by atoms with van der Waals surface area (Å²) in [6.45, 7) is 8.57. The molecule has 2 aliphatic rings. The van der Waals surface area contributed by atoms with E-state index in [1.165, 1.54) is 12.7 Å². The van der Waals surface area contributed by atoms with Crippen molar-refractivity contribution in [3.05, 3.63) is 47.5 Å². The fourth-order valence-corrected chi connectivity index (χ4v) is 7.51. The standard InChI is InChI=1S/C35H49N5O6S/c1-35(2,3)26-21-27(32(45-6)28(22-26)37-47(7,43)44)36-34(42)46-30-20-25-13-8-12-24(31(25)39(30)5)19-23-11-9-17-40(18-15-23)33(41)29-14-10-16-38(29)4/h8,12-13,20-23,29,37H,9-11,14-19H2,1-7H3,(H,36,42)/t23?,29-/m1/s1. The average Bonchev–Trinajstić information content (AvgIpc) is 3.45. The fraction of sp³-hybridized carbons (Fsp3) is 0.543. The Labute approximate surface area is 278 Å². The van der Waals surface area contributed by atoms with Crippen LogP contribution in [0.25, 0.3) is 10.9 Å². The van der Waals surface area contributed by atoms with Gasteiger partial charge in [0.25, 0.3) is 0 Å². The van der Waals surface area contributed by atoms with Crippen molar-refractivity contribution < 1.29 is 27.5 Å². The zero-order valence-electron chi connectivity index (χ0n) is 28.7. The highest BCUT2D eigenvalue weighted by atomic mass is 32.2. The number of nitrogens with one attached hydrogen (secondary N) is 2. The van der Waals surface area contributed by atoms with Crippen LogP contribution < -0.4 is 19.5 Å². The number of fused-ring (bicyclic) bond motifs is 1. The Morgan fingerprint density at radius 2 is 1.70 bits per heavy atom. The Bertz CT molecular complexity index is 1740. The lowest BCUT2D eigenvalue weighted by atomic mass is 9.86. The first-order chi connectivity index (χ1) is 22.1. The number of hydrogen-bond acceptors (Lipinski definition) is 7. The van der Waals surface area contributed by atoms with E-state index < -0.39 is 16.1 Å². The number of likely N-dealkylation sites (N-methyl/N-ethyl adjacent to an activating group) is 1. The van der Waals surface area contributed by atoms with Crippen molar-refractivity contribution in [3.63, 3.8) is 0 Å². The smallest absolute Gasteiger partial charge is 0.418 e. The van der Waals surface area contributed by atoms with E-state index in [1.807, 2.05) is 50.6 Å². The zero-order chi connectivity index (χ0) is 34.1. The second kappa shape index (κ2) is 13.8. The summed E-state index contributed by atoms with van der Waals surface area (Å²) in [5.74, 6) is 1.28. The predicted molar refractivity (Wildman–Crippen MR) is 186 cm³/mol. The van der Waals surface area contributed by atoms with Crippen LogP contribution >= 0.6 is 0 Å². The van der Waals surface area contributed by atoms with E-state index in [2.05, 4.69) is 33.0 Å². The normalized spacial score (nSPS) is 19.4. The second-order valence-electron chi connectivity index (χ2n) is 14.1. The number of nitrogens with zero attached hydrogens (tertiary/aromatic N) is 3. The molecule has 2 aromatic carbocycles. The molecule has 2 saturated heterocycles. The van der Waals surface area contributed by atoms with Crippen LogP contribution in [-0.2, 0) is 33.7 Å². The molecular weight excluding hydrogens is 618 g/mol. The van der Waals surface area contributed by atoms with Gasteiger partial charge in [-0.3, -0.25) is 19.7 Å². The van der Waals surface area contributed by atoms with E-state index in [-0.39, 0.29) is 34.5 Å². The number of sulfonamides is 1. The lowest BCUT2D eigenvalue weighted by molar-refractivity contribution is -0.135. The summed E-state index contributed by atoms with van der Waals surface area (Å²) in [6.07, 6.45) is 6.25. The summed E-state index contributed by atoms with van der Waals surface area (Å²) in [7, 11) is 1.74. The number of benzene rings is 2. The fourth-order valence-electron chi connectivity index (χ4n) is 6.95. The van der Waals surface area contributed by atoms with Crippen LogP contribution in [0.15, 0.2) is 36.4 Å². The van der Waals surface area contributed by atoms with E-state index in [0.29, 0.717) is 11.8 Å². The maximum absolute atomic E-state index is 13.3. The van der Waals surface area contributed by atoms with Crippen LogP contribution in [0.3, 0.4) is 0 Å². The molecule has 3 heterocycles. The van der Waals surface area contributed by atoms with E-state index in [4.69, 9.17) is 9.47 Å². The number of likely N-dealkylation sites (tertiary alicyclic amines) is 2. The van der Waals surface area contributed by atoms with Gasteiger partial charge in [-0.2, -0.15) is 0 Å². The molecule has 0 radical (unpaired) electrons. The van der Waals surface area contributed by atoms with Crippen LogP contribution in [0.4, 0.5) is 16.2 Å². The highest BCUT2D eigenvalue weighted by molar-refractivity contribution is 7.92. The molecule has 12 heteroatoms. The number of hydrogen-bond donors (Lipinski definition) is 2. The minimum Gasteiger partial charge on any atom is -0.492 e. The molecule has 0 saturated carbocycles. The average molecular weight is 668 g/mol. The van der Waals surface area contributed by atoms with E-state index in [0.717, 1.165) is 80.9 Å². The molecule has 1 aromatic heterocycles. The number of anilines is 2. The number of para-hydroxylation sites is 1. The van der Waals surface area contributed by atoms with Gasteiger partial charge in [0.2, 0.25) is 21.8 Å². The van der Waals surface area contributed by atoms with Gasteiger partial charge in [0, 0.05) is 31.6 Å². The molecule has 1 unspecified atom stereocenters. The van der Waals surface area contributed by atoms with E-state index in [1.54, 1.807) is 12.1 Å². The lowest BCUT2D eigenvalue weighted by Gasteiger charge is -2.27.